The molecule has 4 nitrogen and oxygen atoms in total. The molecule has 2 heterocycles. The predicted molar refractivity (Wildman–Crippen MR) is 75.0 cm³/mol. The van der Waals surface area contributed by atoms with Crippen LogP contribution in [-0.4, -0.2) is 10.9 Å². The fourth-order valence-corrected chi connectivity index (χ4v) is 2.46. The van der Waals surface area contributed by atoms with Crippen molar-refractivity contribution >= 4 is 23.1 Å². The molecule has 3 rings (SSSR count). The summed E-state index contributed by atoms with van der Waals surface area (Å²) in [5, 5.41) is 3.90. The Bertz CT molecular complexity index is 695. The fourth-order valence-electron chi connectivity index (χ4n) is 1.78. The molecule has 0 bridgehead atoms. The largest absolute Gasteiger partial charge is 0.453 e. The number of carbonyl (C=O) groups is 1. The Labute approximate surface area is 127 Å². The number of hydrogen-bond acceptors (Lipinski definition) is 4. The van der Waals surface area contributed by atoms with E-state index < -0.39 is 11.1 Å². The van der Waals surface area contributed by atoms with Crippen molar-refractivity contribution in [3.05, 3.63) is 34.7 Å². The number of nitrogens with zero attached hydrogens (tertiary/aromatic N) is 1. The van der Waals surface area contributed by atoms with E-state index in [2.05, 4.69) is 10.3 Å². The molecule has 116 valence electrons. The van der Waals surface area contributed by atoms with Crippen molar-refractivity contribution in [3.8, 4) is 11.5 Å². The molecule has 1 N–H and O–H groups in total. The number of anilines is 1. The van der Waals surface area contributed by atoms with Crippen molar-refractivity contribution < 1.29 is 22.7 Å². The Balaban J connectivity index is 1.77. The summed E-state index contributed by atoms with van der Waals surface area (Å²) in [4.78, 5) is 15.0. The van der Waals surface area contributed by atoms with E-state index in [4.69, 9.17) is 4.74 Å². The molecule has 1 fully saturated rings. The van der Waals surface area contributed by atoms with Crippen LogP contribution in [0.15, 0.2) is 29.8 Å². The highest BCUT2D eigenvalue weighted by atomic mass is 32.1. The molecule has 22 heavy (non-hydrogen) atoms. The second-order valence-corrected chi connectivity index (χ2v) is 5.77. The first kappa shape index (κ1) is 14.8. The maximum absolute atomic E-state index is 12.6. The van der Waals surface area contributed by atoms with E-state index in [0.717, 1.165) is 18.9 Å². The zero-order valence-corrected chi connectivity index (χ0v) is 12.0. The summed E-state index contributed by atoms with van der Waals surface area (Å²) >= 11 is 0.553. The topological polar surface area (TPSA) is 51.2 Å². The van der Waals surface area contributed by atoms with Gasteiger partial charge in [-0.3, -0.25) is 4.79 Å². The van der Waals surface area contributed by atoms with Gasteiger partial charge in [-0.2, -0.15) is 13.2 Å². The lowest BCUT2D eigenvalue weighted by atomic mass is 10.3. The molecule has 1 amide bonds. The van der Waals surface area contributed by atoms with Gasteiger partial charge in [0.1, 0.15) is 10.6 Å². The number of nitrogens with one attached hydrogen (secondary N) is 1. The zero-order chi connectivity index (χ0) is 15.7. The Morgan fingerprint density at radius 1 is 1.41 bits per heavy atom. The lowest BCUT2D eigenvalue weighted by Crippen LogP contribution is -2.14. The van der Waals surface area contributed by atoms with Crippen LogP contribution >= 0.6 is 11.3 Å². The van der Waals surface area contributed by atoms with Gasteiger partial charge >= 0.3 is 6.18 Å². The Morgan fingerprint density at radius 3 is 2.82 bits per heavy atom. The predicted octanol–water partition coefficient (Wildman–Crippen LogP) is 4.30. The maximum atomic E-state index is 12.6. The lowest BCUT2D eigenvalue weighted by molar-refractivity contribution is -0.134. The normalized spacial score (nSPS) is 14.7. The van der Waals surface area contributed by atoms with Gasteiger partial charge in [0.25, 0.3) is 0 Å². The molecular weight excluding hydrogens is 317 g/mol. The molecule has 0 radical (unpaired) electrons. The highest BCUT2D eigenvalue weighted by Gasteiger charge is 2.33. The summed E-state index contributed by atoms with van der Waals surface area (Å²) in [5.41, 5.74) is 0. The molecule has 1 aliphatic carbocycles. The number of pyridine rings is 1. The second kappa shape index (κ2) is 5.60. The second-order valence-electron chi connectivity index (χ2n) is 4.86. The highest BCUT2D eigenvalue weighted by molar-refractivity contribution is 7.10. The van der Waals surface area contributed by atoms with Crippen LogP contribution in [0, 0.1) is 5.92 Å². The summed E-state index contributed by atoms with van der Waals surface area (Å²) in [6.45, 7) is 0. The minimum atomic E-state index is -4.40. The number of alkyl halides is 3. The summed E-state index contributed by atoms with van der Waals surface area (Å²) in [6.07, 6.45) is -1.24. The summed E-state index contributed by atoms with van der Waals surface area (Å²) in [5.74, 6) is 0.326. The van der Waals surface area contributed by atoms with Gasteiger partial charge in [-0.1, -0.05) is 0 Å². The summed E-state index contributed by atoms with van der Waals surface area (Å²) < 4.78 is 43.1. The molecular formula is C14H11F3N2O2S. The van der Waals surface area contributed by atoms with Gasteiger partial charge in [-0.05, 0) is 25.0 Å². The van der Waals surface area contributed by atoms with Gasteiger partial charge in [-0.15, -0.1) is 11.3 Å². The molecule has 0 aromatic carbocycles. The van der Waals surface area contributed by atoms with E-state index in [9.17, 15) is 18.0 Å². The molecule has 0 aliphatic heterocycles. The maximum Gasteiger partial charge on any atom is 0.425 e. The van der Waals surface area contributed by atoms with E-state index in [-0.39, 0.29) is 29.1 Å². The van der Waals surface area contributed by atoms with Crippen molar-refractivity contribution in [2.45, 2.75) is 19.0 Å². The minimum Gasteiger partial charge on any atom is -0.453 e. The Kier molecular flexibility index (Phi) is 3.78. The van der Waals surface area contributed by atoms with Gasteiger partial charge < -0.3 is 10.1 Å². The Hall–Kier alpha value is -2.09. The lowest BCUT2D eigenvalue weighted by Gasteiger charge is -2.09. The smallest absolute Gasteiger partial charge is 0.425 e. The van der Waals surface area contributed by atoms with E-state index in [0.29, 0.717) is 11.3 Å². The number of rotatable bonds is 4. The average Bonchev–Trinajstić information content (AvgIpc) is 3.20. The number of aromatic nitrogens is 1. The van der Waals surface area contributed by atoms with Crippen molar-refractivity contribution in [1.29, 1.82) is 0 Å². The van der Waals surface area contributed by atoms with Crippen LogP contribution in [0.1, 0.15) is 17.7 Å². The monoisotopic (exact) mass is 328 g/mol. The van der Waals surface area contributed by atoms with Crippen LogP contribution in [0.25, 0.3) is 0 Å². The van der Waals surface area contributed by atoms with Gasteiger partial charge in [0.05, 0.1) is 0 Å². The molecule has 8 heteroatoms. The number of ether oxygens (including phenoxy) is 1. The SMILES string of the molecule is O=C(Nc1ncccc1Oc1csc(C(F)(F)F)c1)C1CC1. The Morgan fingerprint density at radius 2 is 2.18 bits per heavy atom. The van der Waals surface area contributed by atoms with Gasteiger partial charge in [0.15, 0.2) is 11.6 Å². The minimum absolute atomic E-state index is 0.00663. The molecule has 2 aromatic rings. The van der Waals surface area contributed by atoms with Crippen LogP contribution in [0.2, 0.25) is 0 Å². The van der Waals surface area contributed by atoms with Crippen LogP contribution in [0.3, 0.4) is 0 Å². The van der Waals surface area contributed by atoms with Gasteiger partial charge in [-0.25, -0.2) is 4.98 Å². The van der Waals surface area contributed by atoms with E-state index >= 15 is 0 Å². The summed E-state index contributed by atoms with van der Waals surface area (Å²) in [6, 6.07) is 4.05. The quantitative estimate of drug-likeness (QED) is 0.910. The standard InChI is InChI=1S/C14H11F3N2O2S/c15-14(16,17)11-6-9(7-22-11)21-10-2-1-5-18-12(10)19-13(20)8-3-4-8/h1-2,5-8H,3-4H2,(H,18,19,20). The van der Waals surface area contributed by atoms with Gasteiger partial charge in [0.2, 0.25) is 5.91 Å². The number of hydrogen-bond donors (Lipinski definition) is 1. The summed E-state index contributed by atoms with van der Waals surface area (Å²) in [7, 11) is 0. The first-order chi connectivity index (χ1) is 10.4. The third-order valence-corrected chi connectivity index (χ3v) is 4.00. The molecule has 0 atom stereocenters. The van der Waals surface area contributed by atoms with Crippen LogP contribution < -0.4 is 10.1 Å². The first-order valence-electron chi connectivity index (χ1n) is 6.53. The van der Waals surface area contributed by atoms with Crippen LogP contribution in [0.5, 0.6) is 11.5 Å². The third-order valence-electron chi connectivity index (χ3n) is 3.04. The van der Waals surface area contributed by atoms with Crippen molar-refractivity contribution in [1.82, 2.24) is 4.98 Å². The van der Waals surface area contributed by atoms with E-state index in [1.807, 2.05) is 0 Å². The van der Waals surface area contributed by atoms with Gasteiger partial charge in [0, 0.05) is 23.6 Å². The molecule has 0 spiro atoms. The molecule has 0 unspecified atom stereocenters. The number of thiophene rings is 1. The molecule has 0 saturated heterocycles. The van der Waals surface area contributed by atoms with Crippen LogP contribution in [0.4, 0.5) is 19.0 Å². The molecule has 2 aromatic heterocycles. The highest BCUT2D eigenvalue weighted by Crippen LogP contribution is 2.39. The molecule has 1 saturated carbocycles. The number of halogens is 3. The van der Waals surface area contributed by atoms with E-state index in [1.54, 1.807) is 12.1 Å². The zero-order valence-electron chi connectivity index (χ0n) is 11.2. The fraction of sp³-hybridized carbons (Fsp3) is 0.286. The van der Waals surface area contributed by atoms with E-state index in [1.165, 1.54) is 11.6 Å². The van der Waals surface area contributed by atoms with Crippen molar-refractivity contribution in [2.24, 2.45) is 5.92 Å². The first-order valence-corrected chi connectivity index (χ1v) is 7.41. The number of amides is 1. The molecule has 1 aliphatic rings. The van der Waals surface area contributed by atoms with Crippen molar-refractivity contribution in [3.63, 3.8) is 0 Å². The average molecular weight is 328 g/mol. The van der Waals surface area contributed by atoms with Crippen molar-refractivity contribution in [2.75, 3.05) is 5.32 Å². The third kappa shape index (κ3) is 3.38. The number of carbonyl (C=O) groups excluding carboxylic acids is 1. The van der Waals surface area contributed by atoms with Crippen LogP contribution in [-0.2, 0) is 11.0 Å².